The molecule has 0 radical (unpaired) electrons. The summed E-state index contributed by atoms with van der Waals surface area (Å²) in [4.78, 5) is 52.7. The third-order valence-corrected chi connectivity index (χ3v) is 7.10. The van der Waals surface area contributed by atoms with E-state index in [4.69, 9.17) is 14.2 Å². The van der Waals surface area contributed by atoms with Gasteiger partial charge in [-0.05, 0) is 23.6 Å². The van der Waals surface area contributed by atoms with E-state index in [9.17, 15) is 32.3 Å². The molecule has 15 heteroatoms. The topological polar surface area (TPSA) is 136 Å². The average molecular weight is 607 g/mol. The van der Waals surface area contributed by atoms with Gasteiger partial charge >= 0.3 is 12.5 Å². The summed E-state index contributed by atoms with van der Waals surface area (Å²) in [6.45, 7) is 3.30. The number of alkyl halides is 3. The Morgan fingerprint density at radius 1 is 1.07 bits per heavy atom. The van der Waals surface area contributed by atoms with Gasteiger partial charge in [0.2, 0.25) is 11.8 Å². The summed E-state index contributed by atoms with van der Waals surface area (Å²) in [7, 11) is 0. The zero-order valence-electron chi connectivity index (χ0n) is 22.9. The van der Waals surface area contributed by atoms with Crippen molar-refractivity contribution < 1.29 is 51.3 Å². The zero-order valence-corrected chi connectivity index (χ0v) is 22.9. The number of piperidine rings is 1. The van der Waals surface area contributed by atoms with Gasteiger partial charge in [0.15, 0.2) is 0 Å². The molecule has 43 heavy (non-hydrogen) atoms. The van der Waals surface area contributed by atoms with Crippen molar-refractivity contribution in [2.24, 2.45) is 0 Å². The molecule has 3 heterocycles. The van der Waals surface area contributed by atoms with E-state index < -0.39 is 30.2 Å². The normalized spacial score (nSPS) is 19.1. The molecule has 1 atom stereocenters. The van der Waals surface area contributed by atoms with Gasteiger partial charge in [0.25, 0.3) is 5.91 Å². The fourth-order valence-electron chi connectivity index (χ4n) is 5.03. The monoisotopic (exact) mass is 606 g/mol. The highest BCUT2D eigenvalue weighted by Crippen LogP contribution is 2.31. The minimum absolute atomic E-state index is 0.0443. The zero-order chi connectivity index (χ0) is 30.6. The maximum atomic E-state index is 13.0. The van der Waals surface area contributed by atoms with Crippen LogP contribution in [-0.4, -0.2) is 85.5 Å². The second-order valence-electron chi connectivity index (χ2n) is 10.1. The lowest BCUT2D eigenvalue weighted by Gasteiger charge is -2.29. The Bertz CT molecular complexity index is 1400. The highest BCUT2D eigenvalue weighted by Gasteiger charge is 2.39. The Labute approximate surface area is 244 Å². The molecule has 2 N–H and O–H groups in total. The van der Waals surface area contributed by atoms with Gasteiger partial charge in [-0.15, -0.1) is 13.2 Å². The van der Waals surface area contributed by atoms with E-state index in [1.165, 1.54) is 11.0 Å². The van der Waals surface area contributed by atoms with Crippen molar-refractivity contribution in [3.8, 4) is 11.5 Å². The predicted octanol–water partition coefficient (Wildman–Crippen LogP) is 2.81. The number of nitrogens with one attached hydrogen (secondary N) is 2. The number of fused-ring (bicyclic) bond motifs is 1. The number of rotatable bonds is 9. The molecule has 1 unspecified atom stereocenters. The molecule has 230 valence electrons. The van der Waals surface area contributed by atoms with E-state index in [1.807, 2.05) is 0 Å². The first-order valence-electron chi connectivity index (χ1n) is 13.6. The van der Waals surface area contributed by atoms with Crippen LogP contribution in [0.2, 0.25) is 0 Å². The minimum Gasteiger partial charge on any atom is -0.492 e. The van der Waals surface area contributed by atoms with Crippen LogP contribution in [0.15, 0.2) is 36.4 Å². The Hall–Kier alpha value is -4.37. The van der Waals surface area contributed by atoms with Crippen LogP contribution in [0.1, 0.15) is 34.3 Å². The molecular formula is C28H29F3N4O8. The number of morpholine rings is 1. The summed E-state index contributed by atoms with van der Waals surface area (Å²) in [5.41, 5.74) is 1.47. The van der Waals surface area contributed by atoms with Crippen molar-refractivity contribution in [1.29, 1.82) is 0 Å². The number of carbonyl (C=O) groups excluding carboxylic acids is 4. The standard InChI is InChI=1S/C28H29F3N4O8/c29-28(30,31)43-21-13-19(12-20(14-21)41-10-7-34-5-8-40-9-6-34)32-27(39)42-16-17-1-2-18-15-35(26(38)22(18)11-17)23-3-4-24(36)33-25(23)37/h1-2,11-14,23H,3-10,15-16H2,(H,32,39)(H,33,36,37). The second-order valence-corrected chi connectivity index (χ2v) is 10.1. The largest absolute Gasteiger partial charge is 0.573 e. The number of benzene rings is 2. The van der Waals surface area contributed by atoms with Crippen LogP contribution >= 0.6 is 0 Å². The number of amides is 4. The number of nitrogens with zero attached hydrogens (tertiary/aromatic N) is 2. The molecule has 0 bridgehead atoms. The molecule has 4 amide bonds. The van der Waals surface area contributed by atoms with Crippen LogP contribution in [0.25, 0.3) is 0 Å². The number of ether oxygens (including phenoxy) is 4. The first-order chi connectivity index (χ1) is 20.5. The number of hydrogen-bond donors (Lipinski definition) is 2. The van der Waals surface area contributed by atoms with Crippen molar-refractivity contribution in [2.75, 3.05) is 44.8 Å². The van der Waals surface area contributed by atoms with Crippen LogP contribution in [0.5, 0.6) is 11.5 Å². The first-order valence-corrected chi connectivity index (χ1v) is 13.6. The maximum Gasteiger partial charge on any atom is 0.573 e. The average Bonchev–Trinajstić information content (AvgIpc) is 3.27. The third-order valence-electron chi connectivity index (χ3n) is 7.10. The molecule has 12 nitrogen and oxygen atoms in total. The smallest absolute Gasteiger partial charge is 0.492 e. The van der Waals surface area contributed by atoms with Crippen molar-refractivity contribution in [3.05, 3.63) is 53.1 Å². The molecule has 0 aromatic heterocycles. The maximum absolute atomic E-state index is 13.0. The fourth-order valence-corrected chi connectivity index (χ4v) is 5.03. The summed E-state index contributed by atoms with van der Waals surface area (Å²) in [5.74, 6) is -1.80. The molecule has 2 aromatic rings. The van der Waals surface area contributed by atoms with E-state index in [-0.39, 0.29) is 55.9 Å². The van der Waals surface area contributed by atoms with Crippen molar-refractivity contribution in [3.63, 3.8) is 0 Å². The SMILES string of the molecule is O=C1CCC(N2Cc3ccc(COC(=O)Nc4cc(OCCN5CCOCC5)cc(OC(F)(F)F)c4)cc3C2=O)C(=O)N1. The highest BCUT2D eigenvalue weighted by atomic mass is 19.4. The summed E-state index contributed by atoms with van der Waals surface area (Å²) in [5, 5.41) is 4.62. The third kappa shape index (κ3) is 7.93. The van der Waals surface area contributed by atoms with Crippen molar-refractivity contribution in [1.82, 2.24) is 15.1 Å². The molecule has 2 aromatic carbocycles. The molecule has 0 aliphatic carbocycles. The molecule has 2 fully saturated rings. The van der Waals surface area contributed by atoms with Gasteiger partial charge in [0.05, 0.1) is 18.9 Å². The van der Waals surface area contributed by atoms with Crippen LogP contribution < -0.4 is 20.1 Å². The summed E-state index contributed by atoms with van der Waals surface area (Å²) < 4.78 is 58.9. The van der Waals surface area contributed by atoms with Crippen LogP contribution in [0, 0.1) is 0 Å². The Morgan fingerprint density at radius 3 is 2.58 bits per heavy atom. The van der Waals surface area contributed by atoms with E-state index in [1.54, 1.807) is 18.2 Å². The molecule has 0 saturated carbocycles. The van der Waals surface area contributed by atoms with Gasteiger partial charge in [-0.1, -0.05) is 12.1 Å². The van der Waals surface area contributed by atoms with E-state index in [2.05, 4.69) is 20.3 Å². The van der Waals surface area contributed by atoms with Crippen LogP contribution in [0.4, 0.5) is 23.7 Å². The van der Waals surface area contributed by atoms with Gasteiger partial charge in [0.1, 0.15) is 30.8 Å². The summed E-state index contributed by atoms with van der Waals surface area (Å²) in [6, 6.07) is 7.55. The van der Waals surface area contributed by atoms with E-state index in [0.29, 0.717) is 36.4 Å². The Morgan fingerprint density at radius 2 is 1.84 bits per heavy atom. The lowest BCUT2D eigenvalue weighted by Crippen LogP contribution is -2.52. The predicted molar refractivity (Wildman–Crippen MR) is 142 cm³/mol. The minimum atomic E-state index is -4.96. The quantitative estimate of drug-likeness (QED) is 0.413. The van der Waals surface area contributed by atoms with Gasteiger partial charge in [-0.3, -0.25) is 29.9 Å². The van der Waals surface area contributed by atoms with Gasteiger partial charge < -0.3 is 23.8 Å². The lowest BCUT2D eigenvalue weighted by molar-refractivity contribution is -0.274. The second kappa shape index (κ2) is 12.9. The molecule has 5 rings (SSSR count). The first kappa shape index (κ1) is 30.1. The van der Waals surface area contributed by atoms with Crippen LogP contribution in [-0.2, 0) is 32.2 Å². The highest BCUT2D eigenvalue weighted by molar-refractivity contribution is 6.05. The van der Waals surface area contributed by atoms with Gasteiger partial charge in [-0.25, -0.2) is 4.79 Å². The van der Waals surface area contributed by atoms with Crippen LogP contribution in [0.3, 0.4) is 0 Å². The Balaban J connectivity index is 1.18. The fraction of sp³-hybridized carbons (Fsp3) is 0.429. The number of hydrogen-bond acceptors (Lipinski definition) is 9. The van der Waals surface area contributed by atoms with Gasteiger partial charge in [-0.2, -0.15) is 0 Å². The van der Waals surface area contributed by atoms with Crippen molar-refractivity contribution in [2.45, 2.75) is 38.4 Å². The molecule has 3 aliphatic heterocycles. The Kier molecular flexibility index (Phi) is 9.01. The molecule has 3 aliphatic rings. The van der Waals surface area contributed by atoms with Gasteiger partial charge in [0, 0.05) is 56.4 Å². The number of carbonyl (C=O) groups is 4. The summed E-state index contributed by atoms with van der Waals surface area (Å²) in [6.07, 6.45) is -5.54. The lowest BCUT2D eigenvalue weighted by atomic mass is 10.0. The van der Waals surface area contributed by atoms with E-state index >= 15 is 0 Å². The molecule has 0 spiro atoms. The number of halogens is 3. The van der Waals surface area contributed by atoms with E-state index in [0.717, 1.165) is 25.2 Å². The summed E-state index contributed by atoms with van der Waals surface area (Å²) >= 11 is 0. The van der Waals surface area contributed by atoms with Crippen molar-refractivity contribution >= 4 is 29.5 Å². The molecular weight excluding hydrogens is 577 g/mol. The number of imide groups is 1. The molecule has 2 saturated heterocycles. The number of anilines is 1.